The minimum absolute atomic E-state index is 0.00977. The quantitative estimate of drug-likeness (QED) is 0.381. The van der Waals surface area contributed by atoms with Crippen molar-refractivity contribution in [1.82, 2.24) is 4.90 Å². The van der Waals surface area contributed by atoms with Gasteiger partial charge in [0.05, 0.1) is 30.8 Å². The van der Waals surface area contributed by atoms with Crippen LogP contribution in [0.15, 0.2) is 52.8 Å². The molecular weight excluding hydrogens is 536 g/mol. The number of carbonyl (C=O) groups is 1. The number of fused-ring (bicyclic) bond motifs is 1. The Morgan fingerprint density at radius 1 is 1.10 bits per heavy atom. The molecular formula is C27H26F4N4O3S. The number of halogens is 4. The highest BCUT2D eigenvalue weighted by Crippen LogP contribution is 2.47. The molecule has 0 radical (unpaired) electrons. The average Bonchev–Trinajstić information content (AvgIpc) is 3.28. The van der Waals surface area contributed by atoms with E-state index >= 15 is 0 Å². The lowest BCUT2D eigenvalue weighted by molar-refractivity contribution is -0.138. The van der Waals surface area contributed by atoms with Crippen molar-refractivity contribution >= 4 is 40.3 Å². The number of aryl methyl sites for hydroxylation is 1. The SMILES string of the molecule is COc1ccc(C(F)(F)F)cc1N1C(N2CCN(c3ccc(C)cc3)CC2)=Nc2c(csc2F)[C@H]1CC(=O)O. The second-order valence-corrected chi connectivity index (χ2v) is 10.2. The highest BCUT2D eigenvalue weighted by atomic mass is 32.1. The monoisotopic (exact) mass is 562 g/mol. The molecule has 0 saturated carbocycles. The van der Waals surface area contributed by atoms with Crippen LogP contribution in [0.25, 0.3) is 0 Å². The number of thiophene rings is 1. The van der Waals surface area contributed by atoms with Gasteiger partial charge in [0, 0.05) is 42.8 Å². The minimum atomic E-state index is -4.64. The molecule has 7 nitrogen and oxygen atoms in total. The van der Waals surface area contributed by atoms with Gasteiger partial charge in [-0.2, -0.15) is 17.6 Å². The summed E-state index contributed by atoms with van der Waals surface area (Å²) in [6.07, 6.45) is -5.12. The van der Waals surface area contributed by atoms with Gasteiger partial charge in [-0.1, -0.05) is 17.7 Å². The molecule has 12 heteroatoms. The predicted molar refractivity (Wildman–Crippen MR) is 142 cm³/mol. The standard InChI is InChI=1S/C27H26F4N4O3S/c1-16-3-6-18(7-4-16)33-9-11-34(12-10-33)26-32-24-19(15-39-25(24)28)20(14-23(36)37)35(26)21-13-17(27(29,30)31)5-8-22(21)38-2/h3-8,13,15,20H,9-12,14H2,1-2H3,(H,36,37)/t20-/m1/s1. The number of anilines is 2. The summed E-state index contributed by atoms with van der Waals surface area (Å²) in [5.41, 5.74) is 1.59. The highest BCUT2D eigenvalue weighted by Gasteiger charge is 2.41. The number of guanidine groups is 1. The van der Waals surface area contributed by atoms with Crippen molar-refractivity contribution in [1.29, 1.82) is 0 Å². The molecule has 3 aromatic rings. The number of benzene rings is 2. The van der Waals surface area contributed by atoms with E-state index in [1.54, 1.807) is 0 Å². The van der Waals surface area contributed by atoms with Crippen LogP contribution >= 0.6 is 11.3 Å². The second-order valence-electron chi connectivity index (χ2n) is 9.40. The van der Waals surface area contributed by atoms with E-state index in [1.165, 1.54) is 23.5 Å². The maximum Gasteiger partial charge on any atom is 0.416 e. The third-order valence-electron chi connectivity index (χ3n) is 6.94. The van der Waals surface area contributed by atoms with Crippen LogP contribution in [0.2, 0.25) is 0 Å². The lowest BCUT2D eigenvalue weighted by atomic mass is 10.00. The van der Waals surface area contributed by atoms with Crippen LogP contribution in [0.1, 0.15) is 29.2 Å². The van der Waals surface area contributed by atoms with Crippen molar-refractivity contribution in [2.45, 2.75) is 25.6 Å². The summed E-state index contributed by atoms with van der Waals surface area (Å²) >= 11 is 0.782. The summed E-state index contributed by atoms with van der Waals surface area (Å²) in [6.45, 7) is 4.04. The zero-order chi connectivity index (χ0) is 27.9. The summed E-state index contributed by atoms with van der Waals surface area (Å²) in [4.78, 5) is 22.0. The first-order chi connectivity index (χ1) is 18.6. The van der Waals surface area contributed by atoms with Crippen LogP contribution < -0.4 is 14.5 Å². The Labute approximate surface area is 226 Å². The summed E-state index contributed by atoms with van der Waals surface area (Å²) in [5.74, 6) is -0.880. The Morgan fingerprint density at radius 3 is 2.38 bits per heavy atom. The van der Waals surface area contributed by atoms with Crippen molar-refractivity contribution in [2.24, 2.45) is 4.99 Å². The van der Waals surface area contributed by atoms with Crippen molar-refractivity contribution < 1.29 is 32.2 Å². The van der Waals surface area contributed by atoms with Gasteiger partial charge in [0.1, 0.15) is 11.4 Å². The van der Waals surface area contributed by atoms with Gasteiger partial charge in [-0.15, -0.1) is 11.3 Å². The lowest BCUT2D eigenvalue weighted by Crippen LogP contribution is -2.55. The van der Waals surface area contributed by atoms with Gasteiger partial charge in [-0.3, -0.25) is 4.79 Å². The normalized spacial score (nSPS) is 17.6. The fourth-order valence-corrected chi connectivity index (χ4v) is 5.73. The Morgan fingerprint density at radius 2 is 1.77 bits per heavy atom. The fourth-order valence-electron chi connectivity index (χ4n) is 4.96. The van der Waals surface area contributed by atoms with Gasteiger partial charge < -0.3 is 24.5 Å². The molecule has 2 aliphatic heterocycles. The molecule has 0 amide bonds. The number of rotatable bonds is 5. The molecule has 39 heavy (non-hydrogen) atoms. The van der Waals surface area contributed by atoms with E-state index in [2.05, 4.69) is 9.89 Å². The van der Waals surface area contributed by atoms with E-state index in [-0.39, 0.29) is 23.1 Å². The first kappa shape index (κ1) is 26.8. The molecule has 0 spiro atoms. The van der Waals surface area contributed by atoms with Crippen LogP contribution in [-0.2, 0) is 11.0 Å². The number of alkyl halides is 3. The number of carboxylic acids is 1. The Balaban J connectivity index is 1.59. The molecule has 2 aliphatic rings. The van der Waals surface area contributed by atoms with Crippen LogP contribution in [-0.4, -0.2) is 55.2 Å². The molecule has 0 bridgehead atoms. The Kier molecular flexibility index (Phi) is 7.15. The molecule has 5 rings (SSSR count). The van der Waals surface area contributed by atoms with Crippen molar-refractivity contribution in [3.8, 4) is 5.75 Å². The van der Waals surface area contributed by atoms with E-state index in [0.29, 0.717) is 31.7 Å². The largest absolute Gasteiger partial charge is 0.495 e. The highest BCUT2D eigenvalue weighted by molar-refractivity contribution is 7.08. The number of methoxy groups -OCH3 is 1. The molecule has 1 atom stereocenters. The van der Waals surface area contributed by atoms with Crippen LogP contribution in [0.3, 0.4) is 0 Å². The maximum absolute atomic E-state index is 14.8. The van der Waals surface area contributed by atoms with Gasteiger partial charge in [0.2, 0.25) is 11.1 Å². The first-order valence-corrected chi connectivity index (χ1v) is 13.1. The molecule has 1 saturated heterocycles. The number of carboxylic acid groups (broad SMARTS) is 1. The Bertz CT molecular complexity index is 1400. The molecule has 1 N–H and O–H groups in total. The van der Waals surface area contributed by atoms with E-state index in [9.17, 15) is 27.5 Å². The van der Waals surface area contributed by atoms with Gasteiger partial charge in [0.25, 0.3) is 0 Å². The maximum atomic E-state index is 14.8. The number of piperazine rings is 1. The molecule has 1 fully saturated rings. The smallest absolute Gasteiger partial charge is 0.416 e. The Hall–Kier alpha value is -3.80. The van der Waals surface area contributed by atoms with E-state index in [0.717, 1.165) is 34.7 Å². The fraction of sp³-hybridized carbons (Fsp3) is 0.333. The summed E-state index contributed by atoms with van der Waals surface area (Å²) in [5, 5.41) is 10.7. The summed E-state index contributed by atoms with van der Waals surface area (Å²) < 4.78 is 61.5. The van der Waals surface area contributed by atoms with Crippen molar-refractivity contribution in [3.05, 3.63) is 69.7 Å². The molecule has 0 aliphatic carbocycles. The lowest BCUT2D eigenvalue weighted by Gasteiger charge is -2.44. The van der Waals surface area contributed by atoms with Crippen molar-refractivity contribution in [3.63, 3.8) is 0 Å². The van der Waals surface area contributed by atoms with Gasteiger partial charge in [-0.25, -0.2) is 4.99 Å². The van der Waals surface area contributed by atoms with Gasteiger partial charge in [0.15, 0.2) is 0 Å². The van der Waals surface area contributed by atoms with Gasteiger partial charge >= 0.3 is 12.1 Å². The number of hydrogen-bond acceptors (Lipinski definition) is 7. The van der Waals surface area contributed by atoms with Gasteiger partial charge in [-0.05, 0) is 37.3 Å². The van der Waals surface area contributed by atoms with E-state index in [1.807, 2.05) is 36.1 Å². The number of aliphatic carboxylic acids is 1. The van der Waals surface area contributed by atoms with Crippen LogP contribution in [0.4, 0.5) is 34.6 Å². The predicted octanol–water partition coefficient (Wildman–Crippen LogP) is 6.07. The number of hydrogen-bond donors (Lipinski definition) is 1. The molecule has 0 unspecified atom stereocenters. The number of aliphatic imine (C=N–C) groups is 1. The molecule has 206 valence electrons. The topological polar surface area (TPSA) is 68.6 Å². The zero-order valence-corrected chi connectivity index (χ0v) is 22.0. The third kappa shape index (κ3) is 5.25. The van der Waals surface area contributed by atoms with Crippen molar-refractivity contribution in [2.75, 3.05) is 43.1 Å². The first-order valence-electron chi connectivity index (χ1n) is 12.2. The number of ether oxygens (including phenoxy) is 1. The molecule has 1 aromatic heterocycles. The summed E-state index contributed by atoms with van der Waals surface area (Å²) in [6, 6.07) is 10.1. The van der Waals surface area contributed by atoms with Crippen LogP contribution in [0, 0.1) is 12.1 Å². The summed E-state index contributed by atoms with van der Waals surface area (Å²) in [7, 11) is 1.33. The molecule has 2 aromatic carbocycles. The average molecular weight is 563 g/mol. The third-order valence-corrected chi connectivity index (χ3v) is 7.71. The number of nitrogens with zero attached hydrogens (tertiary/aromatic N) is 4. The second kappa shape index (κ2) is 10.4. The minimum Gasteiger partial charge on any atom is -0.495 e. The van der Waals surface area contributed by atoms with E-state index in [4.69, 9.17) is 4.74 Å². The molecule has 3 heterocycles. The van der Waals surface area contributed by atoms with E-state index < -0.39 is 35.3 Å². The van der Waals surface area contributed by atoms with Crippen LogP contribution in [0.5, 0.6) is 5.75 Å². The zero-order valence-electron chi connectivity index (χ0n) is 21.2.